The van der Waals surface area contributed by atoms with E-state index in [0.29, 0.717) is 10.7 Å². The topological polar surface area (TPSA) is 60.8 Å². The highest BCUT2D eigenvalue weighted by molar-refractivity contribution is 6.31. The second kappa shape index (κ2) is 7.24. The van der Waals surface area contributed by atoms with Gasteiger partial charge in [0.15, 0.2) is 0 Å². The summed E-state index contributed by atoms with van der Waals surface area (Å²) in [4.78, 5) is 13.0. The number of benzene rings is 1. The number of hydrogen-bond donors (Lipinski definition) is 2. The third kappa shape index (κ3) is 4.20. The molecule has 0 saturated heterocycles. The molecule has 0 heterocycles. The molecule has 0 radical (unpaired) electrons. The van der Waals surface area contributed by atoms with Gasteiger partial charge in [-0.15, -0.1) is 0 Å². The molecule has 0 atom stereocenters. The Morgan fingerprint density at radius 2 is 2.06 bits per heavy atom. The first-order chi connectivity index (χ1) is 8.56. The molecule has 1 aromatic rings. The summed E-state index contributed by atoms with van der Waals surface area (Å²) < 4.78 is 0. The SMILES string of the molecule is CN(CCCCCO)c1ccc(Cl)cc1C(=O)O. The molecular weight excluding hydrogens is 254 g/mol. The predicted octanol–water partition coefficient (Wildman–Crippen LogP) is 2.64. The minimum absolute atomic E-state index is 0.199. The van der Waals surface area contributed by atoms with Crippen molar-refractivity contribution in [3.05, 3.63) is 28.8 Å². The van der Waals surface area contributed by atoms with Gasteiger partial charge in [0.25, 0.3) is 0 Å². The van der Waals surface area contributed by atoms with Crippen molar-refractivity contribution in [3.8, 4) is 0 Å². The molecule has 5 heteroatoms. The molecule has 0 aliphatic rings. The molecule has 0 spiro atoms. The Hall–Kier alpha value is -1.26. The zero-order chi connectivity index (χ0) is 13.5. The Bertz CT molecular complexity index is 409. The summed E-state index contributed by atoms with van der Waals surface area (Å²) in [6, 6.07) is 4.87. The highest BCUT2D eigenvalue weighted by Gasteiger charge is 2.13. The Kier molecular flexibility index (Phi) is 5.95. The average molecular weight is 272 g/mol. The lowest BCUT2D eigenvalue weighted by atomic mass is 10.1. The molecule has 0 fully saturated rings. The molecule has 2 N–H and O–H groups in total. The van der Waals surface area contributed by atoms with Gasteiger partial charge in [-0.25, -0.2) is 4.79 Å². The summed E-state index contributed by atoms with van der Waals surface area (Å²) in [5, 5.41) is 18.2. The number of aliphatic hydroxyl groups is 1. The Labute approximate surface area is 112 Å². The summed E-state index contributed by atoms with van der Waals surface area (Å²) in [7, 11) is 1.86. The third-order valence-electron chi connectivity index (χ3n) is 2.75. The summed E-state index contributed by atoms with van der Waals surface area (Å²) in [6.07, 6.45) is 2.62. The number of carboxylic acids is 1. The monoisotopic (exact) mass is 271 g/mol. The lowest BCUT2D eigenvalue weighted by Crippen LogP contribution is -2.21. The molecule has 0 saturated carbocycles. The van der Waals surface area contributed by atoms with E-state index in [0.717, 1.165) is 25.8 Å². The van der Waals surface area contributed by atoms with Crippen molar-refractivity contribution in [1.29, 1.82) is 0 Å². The number of aromatic carboxylic acids is 1. The number of nitrogens with zero attached hydrogens (tertiary/aromatic N) is 1. The quantitative estimate of drug-likeness (QED) is 0.749. The van der Waals surface area contributed by atoms with Gasteiger partial charge in [-0.2, -0.15) is 0 Å². The second-order valence-corrected chi connectivity index (χ2v) is 4.61. The zero-order valence-electron chi connectivity index (χ0n) is 10.4. The Balaban J connectivity index is 2.72. The first-order valence-electron chi connectivity index (χ1n) is 5.91. The van der Waals surface area contributed by atoms with Gasteiger partial charge in [-0.05, 0) is 37.5 Å². The molecule has 0 aliphatic carbocycles. The number of hydrogen-bond acceptors (Lipinski definition) is 3. The highest BCUT2D eigenvalue weighted by atomic mass is 35.5. The van der Waals surface area contributed by atoms with Crippen LogP contribution in [0.3, 0.4) is 0 Å². The minimum atomic E-state index is -0.977. The van der Waals surface area contributed by atoms with Crippen molar-refractivity contribution >= 4 is 23.3 Å². The lowest BCUT2D eigenvalue weighted by molar-refractivity contribution is 0.0697. The van der Waals surface area contributed by atoms with Gasteiger partial charge in [0, 0.05) is 25.2 Å². The first-order valence-corrected chi connectivity index (χ1v) is 6.29. The van der Waals surface area contributed by atoms with Crippen molar-refractivity contribution in [2.24, 2.45) is 0 Å². The second-order valence-electron chi connectivity index (χ2n) is 4.17. The molecule has 18 heavy (non-hydrogen) atoms. The Morgan fingerprint density at radius 3 is 2.67 bits per heavy atom. The molecule has 0 amide bonds. The maximum absolute atomic E-state index is 11.1. The van der Waals surface area contributed by atoms with Crippen LogP contribution in [0.4, 0.5) is 5.69 Å². The van der Waals surface area contributed by atoms with Crippen molar-refractivity contribution in [3.63, 3.8) is 0 Å². The highest BCUT2D eigenvalue weighted by Crippen LogP contribution is 2.24. The maximum atomic E-state index is 11.1. The summed E-state index contributed by atoms with van der Waals surface area (Å²) in [6.45, 7) is 0.951. The van der Waals surface area contributed by atoms with E-state index in [1.165, 1.54) is 6.07 Å². The van der Waals surface area contributed by atoms with Crippen LogP contribution in [0.25, 0.3) is 0 Å². The van der Waals surface area contributed by atoms with Gasteiger partial charge in [-0.3, -0.25) is 0 Å². The molecular formula is C13H18ClNO3. The number of rotatable bonds is 7. The van der Waals surface area contributed by atoms with Crippen LogP contribution in [0.5, 0.6) is 0 Å². The number of anilines is 1. The standard InChI is InChI=1S/C13H18ClNO3/c1-15(7-3-2-4-8-16)12-6-5-10(14)9-11(12)13(17)18/h5-6,9,16H,2-4,7-8H2,1H3,(H,17,18). The van der Waals surface area contributed by atoms with Crippen LogP contribution >= 0.6 is 11.6 Å². The van der Waals surface area contributed by atoms with Crippen LogP contribution < -0.4 is 4.90 Å². The maximum Gasteiger partial charge on any atom is 0.337 e. The van der Waals surface area contributed by atoms with E-state index >= 15 is 0 Å². The normalized spacial score (nSPS) is 10.4. The summed E-state index contributed by atoms with van der Waals surface area (Å²) in [5.41, 5.74) is 0.878. The largest absolute Gasteiger partial charge is 0.478 e. The Morgan fingerprint density at radius 1 is 1.33 bits per heavy atom. The number of halogens is 1. The van der Waals surface area contributed by atoms with Crippen molar-refractivity contribution < 1.29 is 15.0 Å². The fraction of sp³-hybridized carbons (Fsp3) is 0.462. The molecule has 100 valence electrons. The van der Waals surface area contributed by atoms with Crippen LogP contribution in [-0.2, 0) is 0 Å². The molecule has 0 bridgehead atoms. The van der Waals surface area contributed by atoms with Gasteiger partial charge in [0.1, 0.15) is 0 Å². The summed E-state index contributed by atoms with van der Waals surface area (Å²) >= 11 is 5.80. The van der Waals surface area contributed by atoms with Crippen LogP contribution in [0, 0.1) is 0 Å². The van der Waals surface area contributed by atoms with E-state index in [4.69, 9.17) is 21.8 Å². The van der Waals surface area contributed by atoms with Crippen molar-refractivity contribution in [1.82, 2.24) is 0 Å². The van der Waals surface area contributed by atoms with Gasteiger partial charge < -0.3 is 15.1 Å². The minimum Gasteiger partial charge on any atom is -0.478 e. The van der Waals surface area contributed by atoms with Crippen molar-refractivity contribution in [2.75, 3.05) is 25.1 Å². The number of carboxylic acid groups (broad SMARTS) is 1. The van der Waals surface area contributed by atoms with E-state index in [1.54, 1.807) is 12.1 Å². The fourth-order valence-electron chi connectivity index (χ4n) is 1.77. The molecule has 0 aromatic heterocycles. The van der Waals surface area contributed by atoms with E-state index in [9.17, 15) is 4.79 Å². The van der Waals surface area contributed by atoms with E-state index in [1.807, 2.05) is 11.9 Å². The molecule has 4 nitrogen and oxygen atoms in total. The van der Waals surface area contributed by atoms with Gasteiger partial charge in [0.2, 0.25) is 0 Å². The molecule has 0 unspecified atom stereocenters. The first kappa shape index (κ1) is 14.8. The van der Waals surface area contributed by atoms with Crippen LogP contribution in [0.1, 0.15) is 29.6 Å². The van der Waals surface area contributed by atoms with Crippen LogP contribution in [-0.4, -0.2) is 36.4 Å². The van der Waals surface area contributed by atoms with Crippen LogP contribution in [0.2, 0.25) is 5.02 Å². The third-order valence-corrected chi connectivity index (χ3v) is 2.99. The number of carbonyl (C=O) groups is 1. The smallest absolute Gasteiger partial charge is 0.337 e. The van der Waals surface area contributed by atoms with E-state index in [-0.39, 0.29) is 12.2 Å². The van der Waals surface area contributed by atoms with E-state index in [2.05, 4.69) is 0 Å². The van der Waals surface area contributed by atoms with Gasteiger partial charge in [0.05, 0.1) is 11.3 Å². The lowest BCUT2D eigenvalue weighted by Gasteiger charge is -2.21. The van der Waals surface area contributed by atoms with E-state index < -0.39 is 5.97 Å². The molecule has 0 aliphatic heterocycles. The average Bonchev–Trinajstić information content (AvgIpc) is 2.34. The number of aliphatic hydroxyl groups excluding tert-OH is 1. The zero-order valence-corrected chi connectivity index (χ0v) is 11.2. The number of unbranched alkanes of at least 4 members (excludes halogenated alkanes) is 2. The molecule has 1 rings (SSSR count). The summed E-state index contributed by atoms with van der Waals surface area (Å²) in [5.74, 6) is -0.977. The fourth-order valence-corrected chi connectivity index (χ4v) is 1.94. The van der Waals surface area contributed by atoms with Gasteiger partial charge in [-0.1, -0.05) is 11.6 Å². The molecule has 1 aromatic carbocycles. The van der Waals surface area contributed by atoms with Gasteiger partial charge >= 0.3 is 5.97 Å². The van der Waals surface area contributed by atoms with Crippen LogP contribution in [0.15, 0.2) is 18.2 Å². The van der Waals surface area contributed by atoms with Crippen molar-refractivity contribution in [2.45, 2.75) is 19.3 Å². The predicted molar refractivity (Wildman–Crippen MR) is 72.6 cm³/mol.